The first-order valence-electron chi connectivity index (χ1n) is 8.16. The van der Waals surface area contributed by atoms with Crippen LogP contribution in [0.4, 0.5) is 0 Å². The molecule has 9 atom stereocenters. The maximum atomic E-state index is 11.4. The van der Waals surface area contributed by atoms with E-state index in [-0.39, 0.29) is 6.54 Å². The van der Waals surface area contributed by atoms with Crippen LogP contribution in [0.25, 0.3) is 0 Å². The van der Waals surface area contributed by atoms with Gasteiger partial charge in [-0.2, -0.15) is 4.91 Å². The van der Waals surface area contributed by atoms with Crippen molar-refractivity contribution in [3.63, 3.8) is 0 Å². The molecule has 1 saturated heterocycles. The van der Waals surface area contributed by atoms with E-state index in [2.05, 4.69) is 5.18 Å². The standard InChI is InChI=1S/C15H28N2O8/c1-6(4-17-23)14(13(22)11(20)8(3)19)25-15-7(2)10(16)12(21)9(5-18)24-15/h6-7,9-15,18,20-22H,4-5,16H2,1-3H3/t6-,7-,9-,10-,11+,12+,13-,14-,15?/m1/s1. The van der Waals surface area contributed by atoms with Gasteiger partial charge in [0.05, 0.1) is 25.4 Å². The third kappa shape index (κ3) is 5.23. The van der Waals surface area contributed by atoms with Crippen molar-refractivity contribution in [1.29, 1.82) is 0 Å². The van der Waals surface area contributed by atoms with Gasteiger partial charge in [-0.15, -0.1) is 0 Å². The Morgan fingerprint density at radius 1 is 1.40 bits per heavy atom. The van der Waals surface area contributed by atoms with E-state index >= 15 is 0 Å². The number of carbonyl (C=O) groups excluding carboxylic acids is 1. The SMILES string of the molecule is CC(=O)[C@H](O)[C@@H](O)[C@H](OC1O[C@H](CO)[C@H](O)[C@H](N)[C@H]1C)[C@H](C)CN=O. The molecule has 0 spiro atoms. The second kappa shape index (κ2) is 9.62. The summed E-state index contributed by atoms with van der Waals surface area (Å²) >= 11 is 0. The average Bonchev–Trinajstić information content (AvgIpc) is 2.58. The fourth-order valence-electron chi connectivity index (χ4n) is 2.77. The van der Waals surface area contributed by atoms with Crippen molar-refractivity contribution in [3.05, 3.63) is 4.91 Å². The molecule has 25 heavy (non-hydrogen) atoms. The number of rotatable bonds is 9. The largest absolute Gasteiger partial charge is 0.394 e. The van der Waals surface area contributed by atoms with Gasteiger partial charge in [-0.25, -0.2) is 0 Å². The van der Waals surface area contributed by atoms with Crippen molar-refractivity contribution in [2.45, 2.75) is 63.6 Å². The Labute approximate surface area is 145 Å². The first-order valence-corrected chi connectivity index (χ1v) is 8.16. The van der Waals surface area contributed by atoms with Crippen LogP contribution in [0.2, 0.25) is 0 Å². The predicted octanol–water partition coefficient (Wildman–Crippen LogP) is -1.87. The zero-order valence-corrected chi connectivity index (χ0v) is 14.6. The van der Waals surface area contributed by atoms with Crippen molar-refractivity contribution < 1.29 is 34.7 Å². The number of Topliss-reactive ketones (excluding diaryl/α,β-unsaturated/α-hetero) is 1. The predicted molar refractivity (Wildman–Crippen MR) is 86.3 cm³/mol. The van der Waals surface area contributed by atoms with Crippen LogP contribution in [-0.4, -0.2) is 82.2 Å². The minimum Gasteiger partial charge on any atom is -0.394 e. The van der Waals surface area contributed by atoms with Gasteiger partial charge in [0.1, 0.15) is 18.3 Å². The number of ether oxygens (including phenoxy) is 2. The zero-order chi connectivity index (χ0) is 19.3. The molecule has 6 N–H and O–H groups in total. The van der Waals surface area contributed by atoms with E-state index in [1.165, 1.54) is 0 Å². The normalized spacial score (nSPS) is 34.8. The number of aliphatic hydroxyl groups excluding tert-OH is 4. The van der Waals surface area contributed by atoms with Gasteiger partial charge in [0, 0.05) is 17.9 Å². The van der Waals surface area contributed by atoms with Crippen molar-refractivity contribution in [2.24, 2.45) is 22.7 Å². The van der Waals surface area contributed by atoms with Crippen LogP contribution >= 0.6 is 0 Å². The van der Waals surface area contributed by atoms with Gasteiger partial charge in [0.15, 0.2) is 12.1 Å². The summed E-state index contributed by atoms with van der Waals surface area (Å²) in [5.41, 5.74) is 5.92. The molecule has 1 aliphatic heterocycles. The van der Waals surface area contributed by atoms with Crippen molar-refractivity contribution in [1.82, 2.24) is 0 Å². The van der Waals surface area contributed by atoms with Crippen LogP contribution in [0.3, 0.4) is 0 Å². The fraction of sp³-hybridized carbons (Fsp3) is 0.933. The van der Waals surface area contributed by atoms with Gasteiger partial charge < -0.3 is 35.6 Å². The smallest absolute Gasteiger partial charge is 0.162 e. The molecule has 0 aromatic carbocycles. The molecule has 0 aliphatic carbocycles. The zero-order valence-electron chi connectivity index (χ0n) is 14.6. The summed E-state index contributed by atoms with van der Waals surface area (Å²) in [7, 11) is 0. The van der Waals surface area contributed by atoms with Gasteiger partial charge >= 0.3 is 0 Å². The number of nitrogens with zero attached hydrogens (tertiary/aromatic N) is 1. The van der Waals surface area contributed by atoms with Gasteiger partial charge in [-0.05, 0) is 6.92 Å². The second-order valence-electron chi connectivity index (χ2n) is 6.59. The molecule has 0 saturated carbocycles. The maximum Gasteiger partial charge on any atom is 0.162 e. The highest BCUT2D eigenvalue weighted by molar-refractivity contribution is 5.80. The molecule has 10 heteroatoms. The van der Waals surface area contributed by atoms with Crippen LogP contribution in [0, 0.1) is 16.7 Å². The average molecular weight is 364 g/mol. The first kappa shape index (κ1) is 22.0. The number of hydrogen-bond acceptors (Lipinski definition) is 10. The fourth-order valence-corrected chi connectivity index (χ4v) is 2.77. The van der Waals surface area contributed by atoms with Crippen LogP contribution in [0.5, 0.6) is 0 Å². The van der Waals surface area contributed by atoms with Gasteiger partial charge in [0.25, 0.3) is 0 Å². The summed E-state index contributed by atoms with van der Waals surface area (Å²) in [6.07, 6.45) is -7.56. The highest BCUT2D eigenvalue weighted by Gasteiger charge is 2.44. The molecule has 0 aromatic rings. The van der Waals surface area contributed by atoms with E-state index in [1.54, 1.807) is 13.8 Å². The molecular formula is C15H28N2O8. The van der Waals surface area contributed by atoms with Gasteiger partial charge in [-0.3, -0.25) is 4.79 Å². The number of carbonyl (C=O) groups is 1. The van der Waals surface area contributed by atoms with Crippen LogP contribution in [0.1, 0.15) is 20.8 Å². The van der Waals surface area contributed by atoms with E-state index in [0.717, 1.165) is 6.92 Å². The summed E-state index contributed by atoms with van der Waals surface area (Å²) < 4.78 is 11.2. The molecule has 10 nitrogen and oxygen atoms in total. The Hall–Kier alpha value is -1.01. The van der Waals surface area contributed by atoms with Crippen molar-refractivity contribution >= 4 is 5.78 Å². The number of aliphatic hydroxyl groups is 4. The minimum atomic E-state index is -1.70. The lowest BCUT2D eigenvalue weighted by Crippen LogP contribution is -2.60. The summed E-state index contributed by atoms with van der Waals surface area (Å²) in [6.45, 7) is 3.62. The van der Waals surface area contributed by atoms with Crippen molar-refractivity contribution in [3.8, 4) is 0 Å². The Balaban J connectivity index is 2.99. The molecule has 1 unspecified atom stereocenters. The molecule has 1 rings (SSSR count). The molecule has 0 amide bonds. The summed E-state index contributed by atoms with van der Waals surface area (Å²) in [4.78, 5) is 21.9. The number of hydrogen-bond donors (Lipinski definition) is 5. The Kier molecular flexibility index (Phi) is 8.48. The van der Waals surface area contributed by atoms with E-state index in [0.29, 0.717) is 0 Å². The second-order valence-corrected chi connectivity index (χ2v) is 6.59. The molecule has 0 radical (unpaired) electrons. The summed E-state index contributed by atoms with van der Waals surface area (Å²) in [6, 6.07) is -0.758. The van der Waals surface area contributed by atoms with E-state index in [9.17, 15) is 30.1 Å². The van der Waals surface area contributed by atoms with E-state index in [4.69, 9.17) is 15.2 Å². The van der Waals surface area contributed by atoms with Gasteiger partial charge in [0.2, 0.25) is 0 Å². The first-order chi connectivity index (χ1) is 11.6. The topological polar surface area (TPSA) is 172 Å². The number of ketones is 1. The van der Waals surface area contributed by atoms with Crippen LogP contribution in [0.15, 0.2) is 5.18 Å². The molecule has 0 aromatic heterocycles. The molecule has 1 aliphatic rings. The Bertz CT molecular complexity index is 449. The Morgan fingerprint density at radius 2 is 2.00 bits per heavy atom. The monoisotopic (exact) mass is 364 g/mol. The number of nitroso groups, excluding NO2 is 1. The van der Waals surface area contributed by atoms with Crippen LogP contribution < -0.4 is 5.73 Å². The lowest BCUT2D eigenvalue weighted by atomic mass is 9.89. The quantitative estimate of drug-likeness (QED) is 0.294. The van der Waals surface area contributed by atoms with E-state index < -0.39 is 67.1 Å². The molecular weight excluding hydrogens is 336 g/mol. The molecule has 0 bridgehead atoms. The van der Waals surface area contributed by atoms with Crippen LogP contribution in [-0.2, 0) is 14.3 Å². The Morgan fingerprint density at radius 3 is 2.48 bits per heavy atom. The molecule has 1 heterocycles. The third-order valence-corrected chi connectivity index (χ3v) is 4.59. The highest BCUT2D eigenvalue weighted by atomic mass is 16.7. The van der Waals surface area contributed by atoms with Crippen molar-refractivity contribution in [2.75, 3.05) is 13.2 Å². The molecule has 146 valence electrons. The lowest BCUT2D eigenvalue weighted by Gasteiger charge is -2.44. The third-order valence-electron chi connectivity index (χ3n) is 4.59. The lowest BCUT2D eigenvalue weighted by molar-refractivity contribution is -0.288. The molecule has 1 fully saturated rings. The van der Waals surface area contributed by atoms with Gasteiger partial charge in [-0.1, -0.05) is 19.0 Å². The maximum absolute atomic E-state index is 11.4. The minimum absolute atomic E-state index is 0.217. The summed E-state index contributed by atoms with van der Waals surface area (Å²) in [5, 5.41) is 42.1. The summed E-state index contributed by atoms with van der Waals surface area (Å²) in [5.74, 6) is -1.81. The van der Waals surface area contributed by atoms with E-state index in [1.807, 2.05) is 0 Å². The number of nitrogens with two attached hydrogens (primary N) is 1. The highest BCUT2D eigenvalue weighted by Crippen LogP contribution is 2.29.